The van der Waals surface area contributed by atoms with Crippen molar-refractivity contribution in [1.29, 1.82) is 0 Å². The van der Waals surface area contributed by atoms with E-state index in [1.165, 1.54) is 0 Å². The molecular weight excluding hydrogens is 252 g/mol. The molecule has 1 aliphatic rings. The number of hydrogen-bond acceptors (Lipinski definition) is 4. The number of amides is 2. The Hall–Kier alpha value is -1.69. The molecule has 0 radical (unpaired) electrons. The van der Waals surface area contributed by atoms with E-state index < -0.39 is 6.04 Å². The fourth-order valence-corrected chi connectivity index (χ4v) is 2.46. The van der Waals surface area contributed by atoms with Crippen LogP contribution < -0.4 is 10.6 Å². The molecule has 1 aliphatic heterocycles. The molecule has 1 atom stereocenters. The van der Waals surface area contributed by atoms with Gasteiger partial charge in [0.05, 0.1) is 0 Å². The molecule has 0 aliphatic carbocycles. The fraction of sp³-hybridized carbons (Fsp3) is 0.333. The summed E-state index contributed by atoms with van der Waals surface area (Å²) in [5.74, 6) is 0.414. The van der Waals surface area contributed by atoms with E-state index in [1.54, 1.807) is 26.0 Å². The second-order valence-electron chi connectivity index (χ2n) is 4.24. The first kappa shape index (κ1) is 12.8. The van der Waals surface area contributed by atoms with Crippen LogP contribution in [0.5, 0.6) is 5.75 Å². The second kappa shape index (κ2) is 4.89. The highest BCUT2D eigenvalue weighted by molar-refractivity contribution is 8.14. The maximum Gasteiger partial charge on any atom is 0.279 e. The Balaban J connectivity index is 2.12. The fourth-order valence-electron chi connectivity index (χ4n) is 1.68. The van der Waals surface area contributed by atoms with E-state index in [0.29, 0.717) is 17.0 Å². The molecule has 5 nitrogen and oxygen atoms in total. The van der Waals surface area contributed by atoms with Gasteiger partial charge in [0.15, 0.2) is 0 Å². The number of aryl methyl sites for hydroxylation is 2. The molecule has 96 valence electrons. The van der Waals surface area contributed by atoms with Crippen molar-refractivity contribution in [2.75, 3.05) is 11.1 Å². The Labute approximate surface area is 109 Å². The number of phenolic OH excluding ortho intramolecular Hbond substituents is 1. The smallest absolute Gasteiger partial charge is 0.279 e. The van der Waals surface area contributed by atoms with Crippen LogP contribution in [-0.2, 0) is 4.79 Å². The minimum Gasteiger partial charge on any atom is -0.508 e. The van der Waals surface area contributed by atoms with Crippen molar-refractivity contribution in [3.63, 3.8) is 0 Å². The maximum absolute atomic E-state index is 11.9. The standard InChI is InChI=1S/C12H14N2O3S/c1-6-4-10(15)7(2)3-8(6)13-11(16)9-5-18-12(17)14-9/h3-4,9,15H,5H2,1-2H3,(H,13,16)(H,14,17). The van der Waals surface area contributed by atoms with Crippen LogP contribution in [0, 0.1) is 13.8 Å². The average Bonchev–Trinajstić information content (AvgIpc) is 2.73. The van der Waals surface area contributed by atoms with Crippen molar-refractivity contribution in [2.45, 2.75) is 19.9 Å². The quantitative estimate of drug-likeness (QED) is 0.713. The van der Waals surface area contributed by atoms with Crippen LogP contribution in [0.15, 0.2) is 12.1 Å². The van der Waals surface area contributed by atoms with Gasteiger partial charge in [-0.3, -0.25) is 9.59 Å². The summed E-state index contributed by atoms with van der Waals surface area (Å²) in [6, 6.07) is 2.83. The molecule has 0 bridgehead atoms. The minimum absolute atomic E-state index is 0.172. The Bertz CT molecular complexity index is 516. The van der Waals surface area contributed by atoms with Crippen molar-refractivity contribution in [3.8, 4) is 5.75 Å². The molecule has 2 rings (SSSR count). The highest BCUT2D eigenvalue weighted by Gasteiger charge is 2.28. The molecule has 18 heavy (non-hydrogen) atoms. The second-order valence-corrected chi connectivity index (χ2v) is 5.23. The first-order valence-electron chi connectivity index (χ1n) is 5.51. The number of aromatic hydroxyl groups is 1. The summed E-state index contributed by atoms with van der Waals surface area (Å²) in [6.07, 6.45) is 0. The molecule has 6 heteroatoms. The molecule has 0 spiro atoms. The average molecular weight is 266 g/mol. The summed E-state index contributed by atoms with van der Waals surface area (Å²) in [7, 11) is 0. The number of benzene rings is 1. The largest absolute Gasteiger partial charge is 0.508 e. The van der Waals surface area contributed by atoms with E-state index in [-0.39, 0.29) is 16.9 Å². The predicted molar refractivity (Wildman–Crippen MR) is 71.0 cm³/mol. The van der Waals surface area contributed by atoms with E-state index in [2.05, 4.69) is 10.6 Å². The monoisotopic (exact) mass is 266 g/mol. The van der Waals surface area contributed by atoms with E-state index in [9.17, 15) is 14.7 Å². The molecule has 0 aromatic heterocycles. The predicted octanol–water partition coefficient (Wildman–Crippen LogP) is 1.77. The van der Waals surface area contributed by atoms with E-state index in [0.717, 1.165) is 17.3 Å². The summed E-state index contributed by atoms with van der Waals surface area (Å²) in [6.45, 7) is 3.56. The van der Waals surface area contributed by atoms with Crippen LogP contribution in [0.2, 0.25) is 0 Å². The van der Waals surface area contributed by atoms with Gasteiger partial charge in [0, 0.05) is 11.4 Å². The van der Waals surface area contributed by atoms with Gasteiger partial charge in [-0.1, -0.05) is 11.8 Å². The van der Waals surface area contributed by atoms with Crippen molar-refractivity contribution in [2.24, 2.45) is 0 Å². The number of rotatable bonds is 2. The first-order valence-corrected chi connectivity index (χ1v) is 6.50. The third-order valence-electron chi connectivity index (χ3n) is 2.79. The van der Waals surface area contributed by atoms with Gasteiger partial charge in [-0.15, -0.1) is 0 Å². The zero-order chi connectivity index (χ0) is 13.3. The molecular formula is C12H14N2O3S. The van der Waals surface area contributed by atoms with Crippen LogP contribution in [0.25, 0.3) is 0 Å². The maximum atomic E-state index is 11.9. The first-order chi connectivity index (χ1) is 8.47. The number of thioether (sulfide) groups is 1. The molecule has 3 N–H and O–H groups in total. The van der Waals surface area contributed by atoms with Gasteiger partial charge in [-0.2, -0.15) is 0 Å². The molecule has 1 saturated heterocycles. The lowest BCUT2D eigenvalue weighted by Gasteiger charge is -2.13. The summed E-state index contributed by atoms with van der Waals surface area (Å²) in [5.41, 5.74) is 2.13. The van der Waals surface area contributed by atoms with Crippen molar-refractivity contribution >= 4 is 28.6 Å². The zero-order valence-corrected chi connectivity index (χ0v) is 10.9. The van der Waals surface area contributed by atoms with Crippen molar-refractivity contribution < 1.29 is 14.7 Å². The summed E-state index contributed by atoms with van der Waals surface area (Å²) >= 11 is 1.10. The van der Waals surface area contributed by atoms with Gasteiger partial charge in [0.2, 0.25) is 5.91 Å². The lowest BCUT2D eigenvalue weighted by atomic mass is 10.1. The van der Waals surface area contributed by atoms with Gasteiger partial charge in [-0.05, 0) is 37.1 Å². The van der Waals surface area contributed by atoms with Gasteiger partial charge in [-0.25, -0.2) is 0 Å². The van der Waals surface area contributed by atoms with Crippen LogP contribution >= 0.6 is 11.8 Å². The Morgan fingerprint density at radius 3 is 2.78 bits per heavy atom. The van der Waals surface area contributed by atoms with Gasteiger partial charge in [0.25, 0.3) is 5.24 Å². The molecule has 1 unspecified atom stereocenters. The number of carbonyl (C=O) groups is 2. The molecule has 1 aromatic rings. The van der Waals surface area contributed by atoms with Gasteiger partial charge in [0.1, 0.15) is 11.8 Å². The summed E-state index contributed by atoms with van der Waals surface area (Å²) < 4.78 is 0. The summed E-state index contributed by atoms with van der Waals surface area (Å²) in [5, 5.41) is 14.7. The topological polar surface area (TPSA) is 78.4 Å². The van der Waals surface area contributed by atoms with Crippen LogP contribution in [0.3, 0.4) is 0 Å². The lowest BCUT2D eigenvalue weighted by molar-refractivity contribution is -0.117. The Morgan fingerprint density at radius 2 is 2.17 bits per heavy atom. The van der Waals surface area contributed by atoms with Crippen LogP contribution in [0.4, 0.5) is 10.5 Å². The van der Waals surface area contributed by atoms with Gasteiger partial charge >= 0.3 is 0 Å². The number of hydrogen-bond donors (Lipinski definition) is 3. The van der Waals surface area contributed by atoms with Crippen LogP contribution in [-0.4, -0.2) is 28.0 Å². The number of nitrogens with one attached hydrogen (secondary N) is 2. The molecule has 2 amide bonds. The highest BCUT2D eigenvalue weighted by atomic mass is 32.2. The zero-order valence-electron chi connectivity index (χ0n) is 10.1. The highest BCUT2D eigenvalue weighted by Crippen LogP contribution is 2.25. The number of phenols is 1. The number of anilines is 1. The van der Waals surface area contributed by atoms with Crippen molar-refractivity contribution in [3.05, 3.63) is 23.3 Å². The molecule has 1 heterocycles. The van der Waals surface area contributed by atoms with E-state index >= 15 is 0 Å². The Kier molecular flexibility index (Phi) is 3.47. The molecule has 0 saturated carbocycles. The lowest BCUT2D eigenvalue weighted by Crippen LogP contribution is -2.38. The third kappa shape index (κ3) is 2.59. The summed E-state index contributed by atoms with van der Waals surface area (Å²) in [4.78, 5) is 22.9. The number of carbonyl (C=O) groups excluding carboxylic acids is 2. The van der Waals surface area contributed by atoms with Crippen LogP contribution in [0.1, 0.15) is 11.1 Å². The Morgan fingerprint density at radius 1 is 1.44 bits per heavy atom. The van der Waals surface area contributed by atoms with E-state index in [4.69, 9.17) is 0 Å². The molecule has 1 aromatic carbocycles. The van der Waals surface area contributed by atoms with E-state index in [1.807, 2.05) is 0 Å². The van der Waals surface area contributed by atoms with Gasteiger partial charge < -0.3 is 15.7 Å². The third-order valence-corrected chi connectivity index (χ3v) is 3.67. The van der Waals surface area contributed by atoms with Crippen molar-refractivity contribution in [1.82, 2.24) is 5.32 Å². The normalized spacial score (nSPS) is 18.6. The SMILES string of the molecule is Cc1cc(NC(=O)C2CSC(=O)N2)c(C)cc1O. The minimum atomic E-state index is -0.490. The molecule has 1 fully saturated rings.